The number of hydrogen-bond donors (Lipinski definition) is 0. The van der Waals surface area contributed by atoms with E-state index in [0.29, 0.717) is 17.1 Å². The minimum absolute atomic E-state index is 0.0524. The topological polar surface area (TPSA) is 72.4 Å². The Morgan fingerprint density at radius 3 is 2.62 bits per heavy atom. The second-order valence-electron chi connectivity index (χ2n) is 3.08. The molecule has 0 aliphatic rings. The number of likely N-dealkylation sites (N-methyl/N-ethyl adjacent to an activating group) is 1. The standard InChI is InChI=1S/C9H13N3O3S/c1-4-12(5-7(13)15-3)9(14)8-6(2)10-11-16-8/h4-5H2,1-3H3. The Hall–Kier alpha value is -1.50. The van der Waals surface area contributed by atoms with Gasteiger partial charge in [-0.2, -0.15) is 0 Å². The third kappa shape index (κ3) is 2.75. The van der Waals surface area contributed by atoms with Gasteiger partial charge in [0.1, 0.15) is 11.4 Å². The number of carbonyl (C=O) groups excluding carboxylic acids is 2. The predicted octanol–water partition coefficient (Wildman–Crippen LogP) is 0.482. The molecule has 0 atom stereocenters. The van der Waals surface area contributed by atoms with Crippen molar-refractivity contribution in [1.29, 1.82) is 0 Å². The average molecular weight is 243 g/mol. The Bertz CT molecular complexity index is 391. The van der Waals surface area contributed by atoms with Gasteiger partial charge in [-0.3, -0.25) is 9.59 Å². The number of amides is 1. The van der Waals surface area contributed by atoms with E-state index in [-0.39, 0.29) is 12.5 Å². The number of rotatable bonds is 4. The molecule has 1 aromatic rings. The maximum atomic E-state index is 12.0. The normalized spacial score (nSPS) is 9.94. The van der Waals surface area contributed by atoms with Crippen LogP contribution in [0.2, 0.25) is 0 Å². The van der Waals surface area contributed by atoms with Crippen LogP contribution in [0.4, 0.5) is 0 Å². The molecule has 6 nitrogen and oxygen atoms in total. The number of ether oxygens (including phenoxy) is 1. The van der Waals surface area contributed by atoms with Gasteiger partial charge >= 0.3 is 5.97 Å². The molecule has 0 aliphatic heterocycles. The Morgan fingerprint density at radius 1 is 1.50 bits per heavy atom. The van der Waals surface area contributed by atoms with E-state index in [2.05, 4.69) is 14.3 Å². The monoisotopic (exact) mass is 243 g/mol. The maximum Gasteiger partial charge on any atom is 0.325 e. The predicted molar refractivity (Wildman–Crippen MR) is 58.2 cm³/mol. The summed E-state index contributed by atoms with van der Waals surface area (Å²) in [5.41, 5.74) is 0.582. The number of aromatic nitrogens is 2. The molecule has 0 saturated carbocycles. The summed E-state index contributed by atoms with van der Waals surface area (Å²) in [5.74, 6) is -0.675. The first-order valence-electron chi connectivity index (χ1n) is 4.75. The lowest BCUT2D eigenvalue weighted by atomic mass is 10.3. The molecule has 88 valence electrons. The van der Waals surface area contributed by atoms with Gasteiger partial charge in [-0.1, -0.05) is 4.49 Å². The minimum atomic E-state index is -0.440. The molecule has 0 spiro atoms. The summed E-state index contributed by atoms with van der Waals surface area (Å²) < 4.78 is 8.21. The highest BCUT2D eigenvalue weighted by molar-refractivity contribution is 7.07. The van der Waals surface area contributed by atoms with Crippen LogP contribution in [0, 0.1) is 6.92 Å². The van der Waals surface area contributed by atoms with Crippen molar-refractivity contribution in [1.82, 2.24) is 14.5 Å². The number of aryl methyl sites for hydroxylation is 1. The number of nitrogens with zero attached hydrogens (tertiary/aromatic N) is 3. The molecule has 0 N–H and O–H groups in total. The SMILES string of the molecule is CCN(CC(=O)OC)C(=O)c1snnc1C. The van der Waals surface area contributed by atoms with Crippen molar-refractivity contribution in [2.45, 2.75) is 13.8 Å². The second-order valence-corrected chi connectivity index (χ2v) is 3.84. The van der Waals surface area contributed by atoms with Gasteiger partial charge in [-0.15, -0.1) is 5.10 Å². The van der Waals surface area contributed by atoms with Crippen LogP contribution in [0.3, 0.4) is 0 Å². The van der Waals surface area contributed by atoms with Crippen LogP contribution in [0.15, 0.2) is 0 Å². The lowest BCUT2D eigenvalue weighted by Gasteiger charge is -2.18. The molecule has 0 fully saturated rings. The van der Waals surface area contributed by atoms with E-state index >= 15 is 0 Å². The van der Waals surface area contributed by atoms with Crippen LogP contribution >= 0.6 is 11.5 Å². The van der Waals surface area contributed by atoms with Crippen LogP contribution in [0.5, 0.6) is 0 Å². The number of esters is 1. The Morgan fingerprint density at radius 2 is 2.19 bits per heavy atom. The second kappa shape index (κ2) is 5.55. The molecular weight excluding hydrogens is 230 g/mol. The van der Waals surface area contributed by atoms with E-state index in [4.69, 9.17) is 0 Å². The lowest BCUT2D eigenvalue weighted by Crippen LogP contribution is -2.35. The number of hydrogen-bond acceptors (Lipinski definition) is 6. The van der Waals surface area contributed by atoms with Gasteiger partial charge in [0.05, 0.1) is 12.8 Å². The molecule has 7 heteroatoms. The third-order valence-electron chi connectivity index (χ3n) is 2.06. The Balaban J connectivity index is 2.78. The van der Waals surface area contributed by atoms with Gasteiger partial charge in [0.15, 0.2) is 0 Å². The molecule has 0 unspecified atom stereocenters. The van der Waals surface area contributed by atoms with Crippen LogP contribution < -0.4 is 0 Å². The molecule has 0 aliphatic carbocycles. The zero-order chi connectivity index (χ0) is 12.1. The summed E-state index contributed by atoms with van der Waals surface area (Å²) >= 11 is 1.03. The molecule has 0 radical (unpaired) electrons. The van der Waals surface area contributed by atoms with E-state index in [1.807, 2.05) is 0 Å². The third-order valence-corrected chi connectivity index (χ3v) is 2.88. The summed E-state index contributed by atoms with van der Waals surface area (Å²) in [4.78, 5) is 24.9. The van der Waals surface area contributed by atoms with E-state index < -0.39 is 5.97 Å². The van der Waals surface area contributed by atoms with Gasteiger partial charge in [0.2, 0.25) is 0 Å². The van der Waals surface area contributed by atoms with Crippen molar-refractivity contribution in [3.8, 4) is 0 Å². The van der Waals surface area contributed by atoms with Crippen molar-refractivity contribution >= 4 is 23.4 Å². The molecule has 0 saturated heterocycles. The van der Waals surface area contributed by atoms with Gasteiger partial charge in [-0.25, -0.2) is 0 Å². The van der Waals surface area contributed by atoms with Crippen LogP contribution in [-0.4, -0.2) is 46.6 Å². The van der Waals surface area contributed by atoms with Crippen LogP contribution in [0.1, 0.15) is 22.3 Å². The van der Waals surface area contributed by atoms with Crippen molar-refractivity contribution in [2.24, 2.45) is 0 Å². The molecule has 0 bridgehead atoms. The Kier molecular flexibility index (Phi) is 4.36. The molecule has 1 amide bonds. The molecule has 1 aromatic heterocycles. The highest BCUT2D eigenvalue weighted by Gasteiger charge is 2.21. The number of methoxy groups -OCH3 is 1. The summed E-state index contributed by atoms with van der Waals surface area (Å²) in [6.45, 7) is 3.89. The van der Waals surface area contributed by atoms with E-state index in [9.17, 15) is 9.59 Å². The average Bonchev–Trinajstić information content (AvgIpc) is 2.71. The number of carbonyl (C=O) groups is 2. The van der Waals surface area contributed by atoms with Crippen LogP contribution in [0.25, 0.3) is 0 Å². The zero-order valence-corrected chi connectivity index (χ0v) is 10.2. The van der Waals surface area contributed by atoms with Gasteiger partial charge < -0.3 is 9.64 Å². The van der Waals surface area contributed by atoms with Crippen molar-refractivity contribution in [3.63, 3.8) is 0 Å². The van der Waals surface area contributed by atoms with Gasteiger partial charge in [0, 0.05) is 6.54 Å². The highest BCUT2D eigenvalue weighted by atomic mass is 32.1. The van der Waals surface area contributed by atoms with Gasteiger partial charge in [0.25, 0.3) is 5.91 Å². The first kappa shape index (κ1) is 12.6. The molecule has 0 aromatic carbocycles. The van der Waals surface area contributed by atoms with Gasteiger partial charge in [-0.05, 0) is 25.4 Å². The fourth-order valence-electron chi connectivity index (χ4n) is 1.12. The molecule has 1 heterocycles. The first-order valence-corrected chi connectivity index (χ1v) is 5.52. The fourth-order valence-corrected chi connectivity index (χ4v) is 1.74. The molecule has 1 rings (SSSR count). The van der Waals surface area contributed by atoms with Crippen molar-refractivity contribution < 1.29 is 14.3 Å². The van der Waals surface area contributed by atoms with E-state index in [0.717, 1.165) is 11.5 Å². The highest BCUT2D eigenvalue weighted by Crippen LogP contribution is 2.12. The van der Waals surface area contributed by atoms with E-state index in [1.165, 1.54) is 12.0 Å². The molecular formula is C9H13N3O3S. The lowest BCUT2D eigenvalue weighted by molar-refractivity contribution is -0.141. The smallest absolute Gasteiger partial charge is 0.325 e. The van der Waals surface area contributed by atoms with Crippen molar-refractivity contribution in [2.75, 3.05) is 20.2 Å². The van der Waals surface area contributed by atoms with Crippen molar-refractivity contribution in [3.05, 3.63) is 10.6 Å². The summed E-state index contributed by atoms with van der Waals surface area (Å²) in [6.07, 6.45) is 0. The fraction of sp³-hybridized carbons (Fsp3) is 0.556. The minimum Gasteiger partial charge on any atom is -0.468 e. The summed E-state index contributed by atoms with van der Waals surface area (Å²) in [5, 5.41) is 3.76. The summed E-state index contributed by atoms with van der Waals surface area (Å²) in [6, 6.07) is 0. The van der Waals surface area contributed by atoms with Crippen LogP contribution in [-0.2, 0) is 9.53 Å². The largest absolute Gasteiger partial charge is 0.468 e. The first-order chi connectivity index (χ1) is 7.60. The summed E-state index contributed by atoms with van der Waals surface area (Å²) in [7, 11) is 1.29. The quantitative estimate of drug-likeness (QED) is 0.719. The van der Waals surface area contributed by atoms with E-state index in [1.54, 1.807) is 13.8 Å². The molecule has 16 heavy (non-hydrogen) atoms. The maximum absolute atomic E-state index is 12.0. The zero-order valence-electron chi connectivity index (χ0n) is 9.39. The Labute approximate surface area is 97.4 Å².